The van der Waals surface area contributed by atoms with E-state index in [1.54, 1.807) is 0 Å². The van der Waals surface area contributed by atoms with Crippen molar-refractivity contribution in [1.82, 2.24) is 4.57 Å². The standard InChI is InChI=1S/C44H27NS/c1-2-14-35-28(9-1)21-25-38-36-15-5-6-17-40(36)45(44(35)38)32-23-19-29(20-24-32)33-12-3-4-13-34(33)31-22-26-41-39(27-31)37-16-7-10-30-11-8-18-42(46-41)43(30)37/h1-27H. The summed E-state index contributed by atoms with van der Waals surface area (Å²) < 4.78 is 2.43. The van der Waals surface area contributed by atoms with E-state index >= 15 is 0 Å². The first kappa shape index (κ1) is 25.7. The van der Waals surface area contributed by atoms with E-state index in [0.717, 1.165) is 0 Å². The van der Waals surface area contributed by atoms with Gasteiger partial charge in [0.2, 0.25) is 0 Å². The van der Waals surface area contributed by atoms with Crippen LogP contribution in [0.5, 0.6) is 0 Å². The molecule has 0 atom stereocenters. The first-order chi connectivity index (χ1) is 22.8. The van der Waals surface area contributed by atoms with Crippen LogP contribution < -0.4 is 0 Å². The minimum Gasteiger partial charge on any atom is -0.309 e. The third kappa shape index (κ3) is 3.77. The summed E-state index contributed by atoms with van der Waals surface area (Å²) in [4.78, 5) is 2.65. The zero-order chi connectivity index (χ0) is 30.2. The van der Waals surface area contributed by atoms with Gasteiger partial charge in [-0.3, -0.25) is 0 Å². The Hall–Kier alpha value is -5.57. The molecular weight excluding hydrogens is 575 g/mol. The minimum atomic E-state index is 1.17. The Labute approximate surface area is 271 Å². The molecule has 1 aliphatic rings. The molecule has 8 aromatic carbocycles. The predicted octanol–water partition coefficient (Wildman–Crippen LogP) is 12.6. The molecule has 0 saturated carbocycles. The van der Waals surface area contributed by atoms with Crippen LogP contribution in [0.4, 0.5) is 0 Å². The minimum absolute atomic E-state index is 1.17. The highest BCUT2D eigenvalue weighted by Crippen LogP contribution is 2.49. The van der Waals surface area contributed by atoms with Crippen molar-refractivity contribution in [3.05, 3.63) is 164 Å². The van der Waals surface area contributed by atoms with Gasteiger partial charge >= 0.3 is 0 Å². The smallest absolute Gasteiger partial charge is 0.0619 e. The van der Waals surface area contributed by atoms with Crippen molar-refractivity contribution in [3.8, 4) is 39.1 Å². The molecule has 0 fully saturated rings. The van der Waals surface area contributed by atoms with E-state index < -0.39 is 0 Å². The third-order valence-electron chi connectivity index (χ3n) is 9.59. The maximum Gasteiger partial charge on any atom is 0.0619 e. The number of hydrogen-bond acceptors (Lipinski definition) is 1. The van der Waals surface area contributed by atoms with E-state index in [1.165, 1.54) is 92.2 Å². The van der Waals surface area contributed by atoms with Crippen LogP contribution in [0.25, 0.3) is 82.4 Å². The second kappa shape index (κ2) is 9.97. The van der Waals surface area contributed by atoms with Gasteiger partial charge in [0.05, 0.1) is 11.0 Å². The van der Waals surface area contributed by atoms with E-state index in [4.69, 9.17) is 0 Å². The summed E-state index contributed by atoms with van der Waals surface area (Å²) in [6, 6.07) is 60.2. The van der Waals surface area contributed by atoms with Crippen LogP contribution in [-0.4, -0.2) is 4.57 Å². The third-order valence-corrected chi connectivity index (χ3v) is 10.7. The normalized spacial score (nSPS) is 12.3. The van der Waals surface area contributed by atoms with Gasteiger partial charge in [0, 0.05) is 37.0 Å². The summed E-state index contributed by atoms with van der Waals surface area (Å²) in [6.45, 7) is 0. The Bertz CT molecular complexity index is 2660. The average Bonchev–Trinajstić information content (AvgIpc) is 3.47. The van der Waals surface area contributed by atoms with Gasteiger partial charge in [-0.05, 0) is 80.6 Å². The molecule has 0 saturated heterocycles. The first-order valence-electron chi connectivity index (χ1n) is 15.8. The molecule has 9 aromatic rings. The molecule has 214 valence electrons. The number of aromatic nitrogens is 1. The van der Waals surface area contributed by atoms with Crippen LogP contribution >= 0.6 is 11.8 Å². The van der Waals surface area contributed by atoms with Crippen molar-refractivity contribution in [3.63, 3.8) is 0 Å². The summed E-state index contributed by atoms with van der Waals surface area (Å²) in [5.74, 6) is 0. The maximum absolute atomic E-state index is 2.43. The fourth-order valence-corrected chi connectivity index (χ4v) is 8.63. The lowest BCUT2D eigenvalue weighted by molar-refractivity contribution is 1.19. The highest BCUT2D eigenvalue weighted by molar-refractivity contribution is 7.99. The van der Waals surface area contributed by atoms with Gasteiger partial charge in [0.25, 0.3) is 0 Å². The summed E-state index contributed by atoms with van der Waals surface area (Å²) >= 11 is 1.88. The molecule has 1 nitrogen and oxygen atoms in total. The summed E-state index contributed by atoms with van der Waals surface area (Å²) in [7, 11) is 0. The van der Waals surface area contributed by atoms with Crippen LogP contribution in [0, 0.1) is 0 Å². The highest BCUT2D eigenvalue weighted by atomic mass is 32.2. The summed E-state index contributed by atoms with van der Waals surface area (Å²) in [6.07, 6.45) is 0. The number of para-hydroxylation sites is 1. The molecule has 1 aromatic heterocycles. The molecule has 46 heavy (non-hydrogen) atoms. The van der Waals surface area contributed by atoms with Gasteiger partial charge in [-0.2, -0.15) is 0 Å². The summed E-state index contributed by atoms with van der Waals surface area (Å²) in [5, 5.41) is 7.76. The first-order valence-corrected chi connectivity index (χ1v) is 16.6. The quantitative estimate of drug-likeness (QED) is 0.195. The van der Waals surface area contributed by atoms with Crippen LogP contribution in [0.3, 0.4) is 0 Å². The van der Waals surface area contributed by atoms with Gasteiger partial charge in [-0.25, -0.2) is 0 Å². The second-order valence-electron chi connectivity index (χ2n) is 12.1. The van der Waals surface area contributed by atoms with Crippen molar-refractivity contribution < 1.29 is 0 Å². The number of fused-ring (bicyclic) bond motifs is 7. The lowest BCUT2D eigenvalue weighted by Crippen LogP contribution is -1.95. The van der Waals surface area contributed by atoms with Crippen LogP contribution in [0.1, 0.15) is 0 Å². The predicted molar refractivity (Wildman–Crippen MR) is 196 cm³/mol. The lowest BCUT2D eigenvalue weighted by Gasteiger charge is -2.21. The Morgan fingerprint density at radius 2 is 1.07 bits per heavy atom. The van der Waals surface area contributed by atoms with E-state index in [0.29, 0.717) is 0 Å². The van der Waals surface area contributed by atoms with E-state index in [-0.39, 0.29) is 0 Å². The van der Waals surface area contributed by atoms with Gasteiger partial charge in [-0.1, -0.05) is 139 Å². The average molecular weight is 602 g/mol. The Morgan fingerprint density at radius 3 is 1.93 bits per heavy atom. The Kier molecular flexibility index (Phi) is 5.58. The van der Waals surface area contributed by atoms with Gasteiger partial charge in [-0.15, -0.1) is 0 Å². The second-order valence-corrected chi connectivity index (χ2v) is 13.2. The zero-order valence-electron chi connectivity index (χ0n) is 24.9. The van der Waals surface area contributed by atoms with E-state index in [2.05, 4.69) is 168 Å². The van der Waals surface area contributed by atoms with Crippen LogP contribution in [0.15, 0.2) is 174 Å². The molecule has 0 N–H and O–H groups in total. The fraction of sp³-hybridized carbons (Fsp3) is 0. The maximum atomic E-state index is 2.43. The molecule has 0 spiro atoms. The van der Waals surface area contributed by atoms with Crippen molar-refractivity contribution in [1.29, 1.82) is 0 Å². The number of nitrogens with zero attached hydrogens (tertiary/aromatic N) is 1. The Balaban J connectivity index is 1.11. The Morgan fingerprint density at radius 1 is 0.391 bits per heavy atom. The molecule has 0 unspecified atom stereocenters. The molecule has 2 heterocycles. The molecule has 1 aliphatic heterocycles. The molecule has 2 heteroatoms. The van der Waals surface area contributed by atoms with Crippen molar-refractivity contribution >= 4 is 55.1 Å². The monoisotopic (exact) mass is 601 g/mol. The molecular formula is C44H27NS. The van der Waals surface area contributed by atoms with Crippen LogP contribution in [-0.2, 0) is 0 Å². The molecule has 0 aliphatic carbocycles. The summed E-state index contributed by atoms with van der Waals surface area (Å²) in [5.41, 5.74) is 11.2. The number of rotatable bonds is 3. The van der Waals surface area contributed by atoms with E-state index in [9.17, 15) is 0 Å². The van der Waals surface area contributed by atoms with Gasteiger partial charge in [0.1, 0.15) is 0 Å². The highest BCUT2D eigenvalue weighted by Gasteiger charge is 2.20. The molecule has 10 rings (SSSR count). The van der Waals surface area contributed by atoms with Crippen molar-refractivity contribution in [2.45, 2.75) is 9.79 Å². The van der Waals surface area contributed by atoms with Crippen molar-refractivity contribution in [2.24, 2.45) is 0 Å². The van der Waals surface area contributed by atoms with Gasteiger partial charge in [0.15, 0.2) is 0 Å². The number of benzene rings is 8. The van der Waals surface area contributed by atoms with E-state index in [1.807, 2.05) is 11.8 Å². The number of hydrogen-bond donors (Lipinski definition) is 0. The lowest BCUT2D eigenvalue weighted by atomic mass is 9.91. The van der Waals surface area contributed by atoms with Crippen molar-refractivity contribution in [2.75, 3.05) is 0 Å². The van der Waals surface area contributed by atoms with Crippen LogP contribution in [0.2, 0.25) is 0 Å². The zero-order valence-corrected chi connectivity index (χ0v) is 25.8. The van der Waals surface area contributed by atoms with Gasteiger partial charge < -0.3 is 4.57 Å². The SMILES string of the molecule is c1ccc(-c2ccc3c(c2)-c2cccc4cccc(c24)S3)c(-c2ccc(-n3c4ccccc4c4ccc5ccccc5c43)cc2)c1. The topological polar surface area (TPSA) is 4.93 Å². The molecule has 0 radical (unpaired) electrons. The molecule has 0 amide bonds. The fourth-order valence-electron chi connectivity index (χ4n) is 7.51. The largest absolute Gasteiger partial charge is 0.309 e. The molecule has 0 bridgehead atoms.